The van der Waals surface area contributed by atoms with Crippen LogP contribution in [0.25, 0.3) is 16.7 Å². The number of anilines is 1. The van der Waals surface area contributed by atoms with E-state index < -0.39 is 0 Å². The van der Waals surface area contributed by atoms with Gasteiger partial charge in [-0.3, -0.25) is 4.57 Å². The molecule has 3 nitrogen and oxygen atoms in total. The summed E-state index contributed by atoms with van der Waals surface area (Å²) in [7, 11) is 0. The van der Waals surface area contributed by atoms with E-state index in [1.165, 1.54) is 0 Å². The van der Waals surface area contributed by atoms with Crippen LogP contribution in [0.3, 0.4) is 0 Å². The molecule has 1 heterocycles. The molecule has 0 saturated heterocycles. The van der Waals surface area contributed by atoms with Crippen LogP contribution in [0.15, 0.2) is 46.9 Å². The molecule has 1 aromatic heterocycles. The van der Waals surface area contributed by atoms with Crippen LogP contribution in [-0.4, -0.2) is 9.55 Å². The average Bonchev–Trinajstić information content (AvgIpc) is 2.64. The fourth-order valence-electron chi connectivity index (χ4n) is 2.16. The van der Waals surface area contributed by atoms with E-state index in [1.54, 1.807) is 0 Å². The Balaban J connectivity index is 2.34. The molecule has 90 valence electrons. The lowest BCUT2D eigenvalue weighted by Crippen LogP contribution is -1.97. The molecule has 0 bridgehead atoms. The summed E-state index contributed by atoms with van der Waals surface area (Å²) in [4.78, 5) is 4.56. The van der Waals surface area contributed by atoms with E-state index in [0.29, 0.717) is 0 Å². The van der Waals surface area contributed by atoms with Crippen molar-refractivity contribution in [2.24, 2.45) is 0 Å². The minimum absolute atomic E-state index is 0.753. The van der Waals surface area contributed by atoms with E-state index in [2.05, 4.69) is 31.5 Å². The van der Waals surface area contributed by atoms with Gasteiger partial charge in [0.1, 0.15) is 5.82 Å². The number of aromatic nitrogens is 2. The standard InChI is InChI=1S/C14H12BrN3/c1-9-17-13-6-5-10(15)7-14(13)18(9)12-4-2-3-11(16)8-12/h2-8H,16H2,1H3. The number of nitrogen functional groups attached to an aromatic ring is 1. The van der Waals surface area contributed by atoms with Crippen molar-refractivity contribution in [3.63, 3.8) is 0 Å². The summed E-state index contributed by atoms with van der Waals surface area (Å²) in [5.41, 5.74) is 9.70. The predicted octanol–water partition coefficient (Wildman–Crippen LogP) is 3.68. The zero-order valence-corrected chi connectivity index (χ0v) is 11.5. The van der Waals surface area contributed by atoms with E-state index >= 15 is 0 Å². The Morgan fingerprint density at radius 2 is 2.00 bits per heavy atom. The first-order chi connectivity index (χ1) is 8.65. The average molecular weight is 302 g/mol. The minimum Gasteiger partial charge on any atom is -0.399 e. The number of rotatable bonds is 1. The Hall–Kier alpha value is -1.81. The van der Waals surface area contributed by atoms with Crippen LogP contribution < -0.4 is 5.73 Å². The third-order valence-corrected chi connectivity index (χ3v) is 3.41. The second-order valence-electron chi connectivity index (χ2n) is 4.22. The number of halogens is 1. The van der Waals surface area contributed by atoms with Gasteiger partial charge in [-0.2, -0.15) is 0 Å². The van der Waals surface area contributed by atoms with Gasteiger partial charge in [-0.05, 0) is 43.3 Å². The van der Waals surface area contributed by atoms with Crippen molar-refractivity contribution >= 4 is 32.7 Å². The lowest BCUT2D eigenvalue weighted by atomic mass is 10.2. The molecule has 0 aliphatic carbocycles. The van der Waals surface area contributed by atoms with Gasteiger partial charge in [0.25, 0.3) is 0 Å². The molecule has 0 amide bonds. The molecular formula is C14H12BrN3. The Morgan fingerprint density at radius 3 is 2.78 bits per heavy atom. The number of imidazole rings is 1. The molecule has 0 atom stereocenters. The van der Waals surface area contributed by atoms with Crippen LogP contribution >= 0.6 is 15.9 Å². The zero-order valence-electron chi connectivity index (χ0n) is 9.89. The third kappa shape index (κ3) is 1.78. The number of hydrogen-bond acceptors (Lipinski definition) is 2. The molecule has 0 spiro atoms. The fourth-order valence-corrected chi connectivity index (χ4v) is 2.51. The minimum atomic E-state index is 0.753. The SMILES string of the molecule is Cc1nc2ccc(Br)cc2n1-c1cccc(N)c1. The lowest BCUT2D eigenvalue weighted by molar-refractivity contribution is 1.00. The lowest BCUT2D eigenvalue weighted by Gasteiger charge is -2.07. The molecular weight excluding hydrogens is 290 g/mol. The predicted molar refractivity (Wildman–Crippen MR) is 77.9 cm³/mol. The number of aryl methyl sites for hydroxylation is 1. The summed E-state index contributed by atoms with van der Waals surface area (Å²) in [6.45, 7) is 2.00. The zero-order chi connectivity index (χ0) is 12.7. The maximum absolute atomic E-state index is 5.85. The quantitative estimate of drug-likeness (QED) is 0.697. The summed E-state index contributed by atoms with van der Waals surface area (Å²) in [6.07, 6.45) is 0. The van der Waals surface area contributed by atoms with E-state index in [4.69, 9.17) is 5.73 Å². The van der Waals surface area contributed by atoms with E-state index in [0.717, 1.165) is 32.7 Å². The van der Waals surface area contributed by atoms with Crippen LogP contribution in [0.4, 0.5) is 5.69 Å². The van der Waals surface area contributed by atoms with E-state index in [9.17, 15) is 0 Å². The number of nitrogens with zero attached hydrogens (tertiary/aromatic N) is 2. The molecule has 2 aromatic carbocycles. The van der Waals surface area contributed by atoms with Gasteiger partial charge in [0.2, 0.25) is 0 Å². The Bertz CT molecular complexity index is 731. The molecule has 0 radical (unpaired) electrons. The van der Waals surface area contributed by atoms with Gasteiger partial charge in [-0.1, -0.05) is 22.0 Å². The van der Waals surface area contributed by atoms with Crippen LogP contribution in [0.1, 0.15) is 5.82 Å². The highest BCUT2D eigenvalue weighted by Crippen LogP contribution is 2.25. The van der Waals surface area contributed by atoms with Crippen LogP contribution in [0.2, 0.25) is 0 Å². The highest BCUT2D eigenvalue weighted by atomic mass is 79.9. The Morgan fingerprint density at radius 1 is 1.17 bits per heavy atom. The van der Waals surface area contributed by atoms with Gasteiger partial charge in [0, 0.05) is 15.8 Å². The second kappa shape index (κ2) is 4.14. The van der Waals surface area contributed by atoms with Gasteiger partial charge < -0.3 is 5.73 Å². The summed E-state index contributed by atoms with van der Waals surface area (Å²) in [5, 5.41) is 0. The Kier molecular flexibility index (Phi) is 2.59. The molecule has 18 heavy (non-hydrogen) atoms. The maximum Gasteiger partial charge on any atom is 0.111 e. The molecule has 3 rings (SSSR count). The van der Waals surface area contributed by atoms with Gasteiger partial charge in [-0.15, -0.1) is 0 Å². The van der Waals surface area contributed by atoms with Gasteiger partial charge in [0.15, 0.2) is 0 Å². The van der Waals surface area contributed by atoms with E-state index in [-0.39, 0.29) is 0 Å². The van der Waals surface area contributed by atoms with Crippen molar-refractivity contribution in [1.82, 2.24) is 9.55 Å². The number of benzene rings is 2. The maximum atomic E-state index is 5.85. The first-order valence-electron chi connectivity index (χ1n) is 5.66. The highest BCUT2D eigenvalue weighted by molar-refractivity contribution is 9.10. The molecule has 2 N–H and O–H groups in total. The molecule has 0 aliphatic heterocycles. The van der Waals surface area contributed by atoms with Crippen molar-refractivity contribution in [2.45, 2.75) is 6.92 Å². The van der Waals surface area contributed by atoms with Crippen LogP contribution in [-0.2, 0) is 0 Å². The molecule has 0 fully saturated rings. The summed E-state index contributed by atoms with van der Waals surface area (Å²) in [6, 6.07) is 13.9. The van der Waals surface area contributed by atoms with Crippen molar-refractivity contribution in [3.8, 4) is 5.69 Å². The second-order valence-corrected chi connectivity index (χ2v) is 5.14. The first kappa shape index (κ1) is 11.3. The van der Waals surface area contributed by atoms with Crippen LogP contribution in [0.5, 0.6) is 0 Å². The number of fused-ring (bicyclic) bond motifs is 1. The van der Waals surface area contributed by atoms with Gasteiger partial charge in [-0.25, -0.2) is 4.98 Å². The summed E-state index contributed by atoms with van der Waals surface area (Å²) >= 11 is 3.50. The van der Waals surface area contributed by atoms with Crippen molar-refractivity contribution in [2.75, 3.05) is 5.73 Å². The molecule has 0 saturated carbocycles. The number of hydrogen-bond donors (Lipinski definition) is 1. The summed E-state index contributed by atoms with van der Waals surface area (Å²) < 4.78 is 3.15. The normalized spacial score (nSPS) is 11.0. The topological polar surface area (TPSA) is 43.8 Å². The van der Waals surface area contributed by atoms with Crippen molar-refractivity contribution in [3.05, 3.63) is 52.8 Å². The smallest absolute Gasteiger partial charge is 0.111 e. The number of nitrogens with two attached hydrogens (primary N) is 1. The van der Waals surface area contributed by atoms with E-state index in [1.807, 2.05) is 43.3 Å². The molecule has 0 aliphatic rings. The summed E-state index contributed by atoms with van der Waals surface area (Å²) in [5.74, 6) is 0.953. The van der Waals surface area contributed by atoms with Gasteiger partial charge in [0.05, 0.1) is 11.0 Å². The molecule has 3 aromatic rings. The first-order valence-corrected chi connectivity index (χ1v) is 6.45. The largest absolute Gasteiger partial charge is 0.399 e. The van der Waals surface area contributed by atoms with Crippen molar-refractivity contribution in [1.29, 1.82) is 0 Å². The highest BCUT2D eigenvalue weighted by Gasteiger charge is 2.09. The Labute approximate surface area is 113 Å². The molecule has 0 unspecified atom stereocenters. The molecule has 4 heteroatoms. The van der Waals surface area contributed by atoms with Crippen molar-refractivity contribution < 1.29 is 0 Å². The third-order valence-electron chi connectivity index (χ3n) is 2.91. The fraction of sp³-hybridized carbons (Fsp3) is 0.0714. The van der Waals surface area contributed by atoms with Gasteiger partial charge >= 0.3 is 0 Å². The van der Waals surface area contributed by atoms with Crippen LogP contribution in [0, 0.1) is 6.92 Å². The monoisotopic (exact) mass is 301 g/mol.